The standard InChI is InChI=1S/C17H25N3O/c1-5-12(3)10-11-15(13(4)14-8-7-9-14)16-18-17(20-19-16)21-6-2/h10-11,14H,4-9H2,1-3H3,(H,18,19,20)/b12-10-,15-11+. The summed E-state index contributed by atoms with van der Waals surface area (Å²) >= 11 is 0. The Kier molecular flexibility index (Phi) is 5.37. The van der Waals surface area contributed by atoms with E-state index in [-0.39, 0.29) is 0 Å². The SMILES string of the molecule is C=C(/C(=C\C=C(\C)CC)c1nc(OCC)n[nH]1)C1CCC1. The van der Waals surface area contributed by atoms with Crippen LogP contribution in [0.3, 0.4) is 0 Å². The predicted octanol–water partition coefficient (Wildman–Crippen LogP) is 4.30. The van der Waals surface area contributed by atoms with Gasteiger partial charge in [0.1, 0.15) is 0 Å². The van der Waals surface area contributed by atoms with E-state index in [4.69, 9.17) is 4.74 Å². The molecule has 114 valence electrons. The van der Waals surface area contributed by atoms with Crippen LogP contribution in [-0.4, -0.2) is 21.8 Å². The first-order valence-electron chi connectivity index (χ1n) is 7.77. The second kappa shape index (κ2) is 7.25. The molecule has 1 heterocycles. The van der Waals surface area contributed by atoms with Crippen LogP contribution >= 0.6 is 0 Å². The average Bonchev–Trinajstić information content (AvgIpc) is 2.85. The van der Waals surface area contributed by atoms with Crippen LogP contribution < -0.4 is 4.74 Å². The summed E-state index contributed by atoms with van der Waals surface area (Å²) in [5.74, 6) is 1.32. The van der Waals surface area contributed by atoms with Crippen molar-refractivity contribution in [3.8, 4) is 6.01 Å². The quantitative estimate of drug-likeness (QED) is 0.761. The van der Waals surface area contributed by atoms with Gasteiger partial charge in [-0.3, -0.25) is 5.10 Å². The maximum absolute atomic E-state index is 5.34. The third kappa shape index (κ3) is 3.84. The maximum Gasteiger partial charge on any atom is 0.335 e. The summed E-state index contributed by atoms with van der Waals surface area (Å²) in [5, 5.41) is 7.07. The van der Waals surface area contributed by atoms with E-state index in [1.54, 1.807) is 0 Å². The molecule has 0 radical (unpaired) electrons. The fourth-order valence-corrected chi connectivity index (χ4v) is 2.22. The highest BCUT2D eigenvalue weighted by atomic mass is 16.5. The molecule has 0 spiro atoms. The Hall–Kier alpha value is -1.84. The van der Waals surface area contributed by atoms with Crippen molar-refractivity contribution in [2.75, 3.05) is 6.61 Å². The molecule has 1 fully saturated rings. The Morgan fingerprint density at radius 3 is 2.71 bits per heavy atom. The van der Waals surface area contributed by atoms with Crippen LogP contribution in [0.5, 0.6) is 6.01 Å². The van der Waals surface area contributed by atoms with Gasteiger partial charge in [0.05, 0.1) is 6.61 Å². The molecule has 1 aromatic heterocycles. The zero-order valence-corrected chi connectivity index (χ0v) is 13.3. The highest BCUT2D eigenvalue weighted by Crippen LogP contribution is 2.38. The van der Waals surface area contributed by atoms with Crippen molar-refractivity contribution in [3.05, 3.63) is 35.7 Å². The van der Waals surface area contributed by atoms with Crippen LogP contribution in [0.15, 0.2) is 29.9 Å². The molecule has 1 N–H and O–H groups in total. The second-order valence-corrected chi connectivity index (χ2v) is 5.50. The van der Waals surface area contributed by atoms with Gasteiger partial charge in [0, 0.05) is 5.57 Å². The zero-order valence-electron chi connectivity index (χ0n) is 13.3. The normalized spacial score (nSPS) is 16.7. The first kappa shape index (κ1) is 15.5. The van der Waals surface area contributed by atoms with E-state index in [9.17, 15) is 0 Å². The lowest BCUT2D eigenvalue weighted by Crippen LogP contribution is -2.14. The Bertz CT molecular complexity index is 550. The fraction of sp³-hybridized carbons (Fsp3) is 0.529. The molecule has 1 aromatic rings. The van der Waals surface area contributed by atoms with Crippen molar-refractivity contribution >= 4 is 5.57 Å². The molecule has 0 unspecified atom stereocenters. The molecule has 0 amide bonds. The molecule has 2 rings (SSSR count). The summed E-state index contributed by atoms with van der Waals surface area (Å²) in [6, 6.07) is 0.399. The Balaban J connectivity index is 2.27. The number of H-pyrrole nitrogens is 1. The number of nitrogens with one attached hydrogen (secondary N) is 1. The van der Waals surface area contributed by atoms with Gasteiger partial charge >= 0.3 is 6.01 Å². The molecule has 21 heavy (non-hydrogen) atoms. The lowest BCUT2D eigenvalue weighted by Gasteiger charge is -2.28. The van der Waals surface area contributed by atoms with E-state index in [0.29, 0.717) is 18.5 Å². The van der Waals surface area contributed by atoms with Crippen LogP contribution in [0.4, 0.5) is 0 Å². The smallest absolute Gasteiger partial charge is 0.335 e. The minimum atomic E-state index is 0.399. The summed E-state index contributed by atoms with van der Waals surface area (Å²) in [5.41, 5.74) is 3.53. The second-order valence-electron chi connectivity index (χ2n) is 5.50. The number of rotatable bonds is 7. The minimum absolute atomic E-state index is 0.399. The van der Waals surface area contributed by atoms with Crippen LogP contribution in [0.2, 0.25) is 0 Å². The molecule has 4 heteroatoms. The van der Waals surface area contributed by atoms with Crippen LogP contribution in [0.25, 0.3) is 5.57 Å². The number of ether oxygens (including phenoxy) is 1. The molecular weight excluding hydrogens is 262 g/mol. The molecule has 0 aliphatic heterocycles. The molecule has 1 aliphatic rings. The van der Waals surface area contributed by atoms with Crippen molar-refractivity contribution in [2.45, 2.75) is 46.5 Å². The van der Waals surface area contributed by atoms with Gasteiger partial charge in [-0.1, -0.05) is 37.6 Å². The van der Waals surface area contributed by atoms with Crippen LogP contribution in [-0.2, 0) is 0 Å². The van der Waals surface area contributed by atoms with Crippen molar-refractivity contribution in [1.82, 2.24) is 15.2 Å². The van der Waals surface area contributed by atoms with Crippen molar-refractivity contribution < 1.29 is 4.74 Å². The lowest BCUT2D eigenvalue weighted by molar-refractivity contribution is 0.314. The highest BCUT2D eigenvalue weighted by molar-refractivity contribution is 5.76. The summed E-state index contributed by atoms with van der Waals surface area (Å²) in [7, 11) is 0. The zero-order chi connectivity index (χ0) is 15.2. The van der Waals surface area contributed by atoms with Gasteiger partial charge in [-0.25, -0.2) is 0 Å². The number of nitrogens with zero attached hydrogens (tertiary/aromatic N) is 2. The third-order valence-electron chi connectivity index (χ3n) is 4.03. The van der Waals surface area contributed by atoms with E-state index in [1.807, 2.05) is 6.92 Å². The predicted molar refractivity (Wildman–Crippen MR) is 86.1 cm³/mol. The molecule has 0 bridgehead atoms. The van der Waals surface area contributed by atoms with Gasteiger partial charge < -0.3 is 4.74 Å². The number of allylic oxidation sites excluding steroid dienone is 5. The monoisotopic (exact) mass is 287 g/mol. The van der Waals surface area contributed by atoms with Crippen molar-refractivity contribution in [1.29, 1.82) is 0 Å². The van der Waals surface area contributed by atoms with Gasteiger partial charge in [-0.2, -0.15) is 4.98 Å². The topological polar surface area (TPSA) is 50.8 Å². The summed E-state index contributed by atoms with van der Waals surface area (Å²) in [6.07, 6.45) is 9.03. The Labute approximate surface area is 127 Å². The first-order valence-corrected chi connectivity index (χ1v) is 7.77. The van der Waals surface area contributed by atoms with E-state index in [0.717, 1.165) is 23.4 Å². The summed E-state index contributed by atoms with van der Waals surface area (Å²) in [4.78, 5) is 4.42. The van der Waals surface area contributed by atoms with Crippen molar-refractivity contribution in [2.24, 2.45) is 5.92 Å². The van der Waals surface area contributed by atoms with E-state index in [1.165, 1.54) is 24.8 Å². The van der Waals surface area contributed by atoms with Gasteiger partial charge in [0.25, 0.3) is 0 Å². The number of hydrogen-bond donors (Lipinski definition) is 1. The van der Waals surface area contributed by atoms with Gasteiger partial charge in [0.15, 0.2) is 5.82 Å². The third-order valence-corrected chi connectivity index (χ3v) is 4.03. The van der Waals surface area contributed by atoms with Gasteiger partial charge in [0.2, 0.25) is 0 Å². The average molecular weight is 287 g/mol. The van der Waals surface area contributed by atoms with Gasteiger partial charge in [-0.05, 0) is 44.6 Å². The molecule has 1 saturated carbocycles. The molecule has 0 saturated heterocycles. The van der Waals surface area contributed by atoms with Crippen LogP contribution in [0, 0.1) is 5.92 Å². The highest BCUT2D eigenvalue weighted by Gasteiger charge is 2.24. The van der Waals surface area contributed by atoms with Crippen LogP contribution in [0.1, 0.15) is 52.3 Å². The summed E-state index contributed by atoms with van der Waals surface area (Å²) < 4.78 is 5.34. The van der Waals surface area contributed by atoms with E-state index < -0.39 is 0 Å². The molecule has 4 nitrogen and oxygen atoms in total. The minimum Gasteiger partial charge on any atom is -0.463 e. The molecule has 0 aromatic carbocycles. The molecular formula is C17H25N3O. The van der Waals surface area contributed by atoms with E-state index >= 15 is 0 Å². The fourth-order valence-electron chi connectivity index (χ4n) is 2.22. The molecule has 1 aliphatic carbocycles. The Morgan fingerprint density at radius 2 is 2.14 bits per heavy atom. The lowest BCUT2D eigenvalue weighted by atomic mass is 9.77. The van der Waals surface area contributed by atoms with Crippen molar-refractivity contribution in [3.63, 3.8) is 0 Å². The number of aromatic nitrogens is 3. The maximum atomic E-state index is 5.34. The van der Waals surface area contributed by atoms with E-state index in [2.05, 4.69) is 47.8 Å². The largest absolute Gasteiger partial charge is 0.463 e. The first-order chi connectivity index (χ1) is 10.2. The molecule has 0 atom stereocenters. The van der Waals surface area contributed by atoms with Gasteiger partial charge in [-0.15, -0.1) is 5.10 Å². The Morgan fingerprint density at radius 1 is 1.38 bits per heavy atom. The number of hydrogen-bond acceptors (Lipinski definition) is 3. The summed E-state index contributed by atoms with van der Waals surface area (Å²) in [6.45, 7) is 11.1. The number of aromatic amines is 1.